The summed E-state index contributed by atoms with van der Waals surface area (Å²) in [5.74, 6) is 1.75. The Labute approximate surface area is 183 Å². The number of carbonyl (C=O) groups is 1. The van der Waals surface area contributed by atoms with Gasteiger partial charge in [-0.05, 0) is 85.1 Å². The molecular formula is C27H27NO3. The fourth-order valence-corrected chi connectivity index (χ4v) is 4.11. The summed E-state index contributed by atoms with van der Waals surface area (Å²) >= 11 is 0. The lowest BCUT2D eigenvalue weighted by Crippen LogP contribution is -2.31. The number of rotatable bonds is 6. The van der Waals surface area contributed by atoms with E-state index < -0.39 is 0 Å². The molecule has 4 heteroatoms. The van der Waals surface area contributed by atoms with Gasteiger partial charge >= 0.3 is 0 Å². The molecule has 0 N–H and O–H groups in total. The van der Waals surface area contributed by atoms with Crippen LogP contribution < -0.4 is 14.4 Å². The maximum atomic E-state index is 12.3. The normalized spacial score (nSPS) is 15.2. The predicted molar refractivity (Wildman–Crippen MR) is 126 cm³/mol. The summed E-state index contributed by atoms with van der Waals surface area (Å²) in [6.45, 7) is 3.73. The number of benzene rings is 3. The highest BCUT2D eigenvalue weighted by molar-refractivity contribution is 5.95. The van der Waals surface area contributed by atoms with Gasteiger partial charge in [-0.25, -0.2) is 0 Å². The van der Waals surface area contributed by atoms with Crippen molar-refractivity contribution in [2.75, 3.05) is 19.1 Å². The zero-order valence-corrected chi connectivity index (χ0v) is 18.4. The third kappa shape index (κ3) is 4.19. The summed E-state index contributed by atoms with van der Waals surface area (Å²) in [5.41, 5.74) is 6.55. The number of methoxy groups -OCH3 is 2. The predicted octanol–water partition coefficient (Wildman–Crippen LogP) is 6.05. The van der Waals surface area contributed by atoms with Gasteiger partial charge < -0.3 is 14.4 Å². The molecule has 0 saturated heterocycles. The molecule has 1 aliphatic rings. The molecule has 31 heavy (non-hydrogen) atoms. The molecule has 3 aromatic rings. The van der Waals surface area contributed by atoms with Gasteiger partial charge in [0.2, 0.25) is 0 Å². The van der Waals surface area contributed by atoms with Crippen molar-refractivity contribution in [3.05, 3.63) is 89.0 Å². The highest BCUT2D eigenvalue weighted by atomic mass is 16.5. The zero-order chi connectivity index (χ0) is 22.0. The van der Waals surface area contributed by atoms with Crippen molar-refractivity contribution in [3.8, 4) is 11.5 Å². The van der Waals surface area contributed by atoms with Crippen LogP contribution in [0.1, 0.15) is 41.6 Å². The molecule has 1 aliphatic heterocycles. The number of aryl methyl sites for hydroxylation is 1. The molecule has 4 rings (SSSR count). The summed E-state index contributed by atoms with van der Waals surface area (Å²) in [6, 6.07) is 22.4. The summed E-state index contributed by atoms with van der Waals surface area (Å²) in [5, 5.41) is 0. The SMILES string of the molecule is COc1ccc(C2=Cc3ccc(OC)cc3C(CC(C)=O)N2c2ccc(C)cc2)cc1. The minimum atomic E-state index is -0.132. The van der Waals surface area contributed by atoms with E-state index in [1.807, 2.05) is 24.3 Å². The van der Waals surface area contributed by atoms with E-state index in [0.29, 0.717) is 6.42 Å². The van der Waals surface area contributed by atoms with Crippen LogP contribution in [0, 0.1) is 6.92 Å². The molecule has 0 fully saturated rings. The number of Topliss-reactive ketones (excluding diaryl/α,β-unsaturated/α-hetero) is 1. The number of ether oxygens (including phenoxy) is 2. The molecule has 0 amide bonds. The third-order valence-corrected chi connectivity index (χ3v) is 5.70. The fraction of sp³-hybridized carbons (Fsp3) is 0.222. The van der Waals surface area contributed by atoms with Gasteiger partial charge in [0.1, 0.15) is 17.3 Å². The number of hydrogen-bond acceptors (Lipinski definition) is 4. The number of hydrogen-bond donors (Lipinski definition) is 0. The monoisotopic (exact) mass is 413 g/mol. The van der Waals surface area contributed by atoms with Crippen LogP contribution in [0.4, 0.5) is 5.69 Å². The first-order valence-corrected chi connectivity index (χ1v) is 10.4. The maximum Gasteiger partial charge on any atom is 0.132 e. The Hall–Kier alpha value is -3.53. The van der Waals surface area contributed by atoms with Crippen LogP contribution in [-0.4, -0.2) is 20.0 Å². The van der Waals surface area contributed by atoms with Crippen molar-refractivity contribution in [3.63, 3.8) is 0 Å². The summed E-state index contributed by atoms with van der Waals surface area (Å²) < 4.78 is 10.8. The fourth-order valence-electron chi connectivity index (χ4n) is 4.11. The lowest BCUT2D eigenvalue weighted by Gasteiger charge is -2.40. The Kier molecular flexibility index (Phi) is 5.81. The number of carbonyl (C=O) groups excluding carboxylic acids is 1. The first-order chi connectivity index (χ1) is 15.0. The van der Waals surface area contributed by atoms with Crippen molar-refractivity contribution >= 4 is 23.2 Å². The Morgan fingerprint density at radius 2 is 1.55 bits per heavy atom. The van der Waals surface area contributed by atoms with Crippen LogP contribution in [0.3, 0.4) is 0 Å². The second kappa shape index (κ2) is 8.68. The molecule has 0 aromatic heterocycles. The van der Waals surface area contributed by atoms with Crippen molar-refractivity contribution in [1.82, 2.24) is 0 Å². The molecule has 3 aromatic carbocycles. The van der Waals surface area contributed by atoms with Crippen LogP contribution in [-0.2, 0) is 4.79 Å². The molecule has 0 aliphatic carbocycles. The first kappa shape index (κ1) is 20.7. The van der Waals surface area contributed by atoms with Gasteiger partial charge in [0, 0.05) is 17.8 Å². The highest BCUT2D eigenvalue weighted by Crippen LogP contribution is 2.44. The number of nitrogens with zero attached hydrogens (tertiary/aromatic N) is 1. The van der Waals surface area contributed by atoms with Crippen LogP contribution in [0.5, 0.6) is 11.5 Å². The molecule has 1 atom stereocenters. The molecule has 1 unspecified atom stereocenters. The van der Waals surface area contributed by atoms with E-state index >= 15 is 0 Å². The van der Waals surface area contributed by atoms with Gasteiger partial charge in [-0.3, -0.25) is 4.79 Å². The second-order valence-electron chi connectivity index (χ2n) is 7.88. The van der Waals surface area contributed by atoms with Crippen molar-refractivity contribution in [2.24, 2.45) is 0 Å². The molecule has 158 valence electrons. The van der Waals surface area contributed by atoms with E-state index in [2.05, 4.69) is 60.4 Å². The van der Waals surface area contributed by atoms with Gasteiger partial charge in [-0.2, -0.15) is 0 Å². The van der Waals surface area contributed by atoms with Crippen LogP contribution in [0.15, 0.2) is 66.7 Å². The molecule has 0 bridgehead atoms. The van der Waals surface area contributed by atoms with Gasteiger partial charge in [0.05, 0.1) is 20.3 Å². The second-order valence-corrected chi connectivity index (χ2v) is 7.88. The van der Waals surface area contributed by atoms with Crippen LogP contribution >= 0.6 is 0 Å². The summed E-state index contributed by atoms with van der Waals surface area (Å²) in [6.07, 6.45) is 2.59. The Bertz CT molecular complexity index is 1110. The molecule has 0 radical (unpaired) electrons. The van der Waals surface area contributed by atoms with Crippen molar-refractivity contribution in [2.45, 2.75) is 26.3 Å². The Morgan fingerprint density at radius 1 is 0.903 bits per heavy atom. The largest absolute Gasteiger partial charge is 0.497 e. The van der Waals surface area contributed by atoms with E-state index in [4.69, 9.17) is 9.47 Å². The maximum absolute atomic E-state index is 12.3. The lowest BCUT2D eigenvalue weighted by molar-refractivity contribution is -0.117. The van der Waals surface area contributed by atoms with Gasteiger partial charge in [-0.15, -0.1) is 0 Å². The van der Waals surface area contributed by atoms with Crippen molar-refractivity contribution in [1.29, 1.82) is 0 Å². The molecule has 0 saturated carbocycles. The van der Waals surface area contributed by atoms with Gasteiger partial charge in [-0.1, -0.05) is 23.8 Å². The minimum absolute atomic E-state index is 0.132. The van der Waals surface area contributed by atoms with Gasteiger partial charge in [0.15, 0.2) is 0 Å². The molecule has 4 nitrogen and oxygen atoms in total. The molecular weight excluding hydrogens is 386 g/mol. The topological polar surface area (TPSA) is 38.8 Å². The number of anilines is 1. The first-order valence-electron chi connectivity index (χ1n) is 10.4. The van der Waals surface area contributed by atoms with E-state index in [9.17, 15) is 4.79 Å². The molecule has 1 heterocycles. The van der Waals surface area contributed by atoms with E-state index in [-0.39, 0.29) is 11.8 Å². The Balaban J connectivity index is 1.93. The van der Waals surface area contributed by atoms with E-state index in [1.54, 1.807) is 21.1 Å². The summed E-state index contributed by atoms with van der Waals surface area (Å²) in [4.78, 5) is 14.6. The Morgan fingerprint density at radius 3 is 2.16 bits per heavy atom. The molecule has 0 spiro atoms. The van der Waals surface area contributed by atoms with Gasteiger partial charge in [0.25, 0.3) is 0 Å². The van der Waals surface area contributed by atoms with Crippen molar-refractivity contribution < 1.29 is 14.3 Å². The van der Waals surface area contributed by atoms with E-state index in [0.717, 1.165) is 39.6 Å². The quantitative estimate of drug-likeness (QED) is 0.493. The number of fused-ring (bicyclic) bond motifs is 1. The third-order valence-electron chi connectivity index (χ3n) is 5.70. The van der Waals surface area contributed by atoms with E-state index in [1.165, 1.54) is 5.56 Å². The highest BCUT2D eigenvalue weighted by Gasteiger charge is 2.31. The smallest absolute Gasteiger partial charge is 0.132 e. The number of ketones is 1. The minimum Gasteiger partial charge on any atom is -0.497 e. The van der Waals surface area contributed by atoms with Crippen LogP contribution in [0.2, 0.25) is 0 Å². The zero-order valence-electron chi connectivity index (χ0n) is 18.4. The average Bonchev–Trinajstić information content (AvgIpc) is 2.79. The average molecular weight is 414 g/mol. The van der Waals surface area contributed by atoms with Crippen LogP contribution in [0.25, 0.3) is 11.8 Å². The summed E-state index contributed by atoms with van der Waals surface area (Å²) in [7, 11) is 3.33. The standard InChI is InChI=1S/C27H27NO3/c1-18-5-10-22(11-6-18)28-26(20-7-12-23(30-3)13-8-20)16-21-9-14-24(31-4)17-25(21)27(28)15-19(2)29/h5-14,16-17,27H,15H2,1-4H3. The lowest BCUT2D eigenvalue weighted by atomic mass is 9.88.